The van der Waals surface area contributed by atoms with Crippen molar-refractivity contribution >= 4 is 21.4 Å². The number of sulfone groups is 1. The van der Waals surface area contributed by atoms with Gasteiger partial charge in [-0.05, 0) is 36.8 Å². The highest BCUT2D eigenvalue weighted by Crippen LogP contribution is 2.23. The van der Waals surface area contributed by atoms with E-state index in [9.17, 15) is 18.5 Å². The summed E-state index contributed by atoms with van der Waals surface area (Å²) in [5, 5.41) is 11.9. The summed E-state index contributed by atoms with van der Waals surface area (Å²) in [4.78, 5) is 21.2. The second-order valence-electron chi connectivity index (χ2n) is 6.85. The quantitative estimate of drug-likeness (QED) is 0.556. The van der Waals surface area contributed by atoms with Crippen LogP contribution in [0.4, 0.5) is 5.69 Å². The van der Waals surface area contributed by atoms with Gasteiger partial charge in [-0.15, -0.1) is 0 Å². The zero-order chi connectivity index (χ0) is 23.3. The van der Waals surface area contributed by atoms with Crippen molar-refractivity contribution in [2.24, 2.45) is 0 Å². The molecule has 0 fully saturated rings. The van der Waals surface area contributed by atoms with Crippen molar-refractivity contribution in [2.75, 3.05) is 18.6 Å². The number of nitrogens with two attached hydrogens (primary N) is 1. The zero-order valence-corrected chi connectivity index (χ0v) is 18.3. The fraction of sp³-hybridized carbons (Fsp3) is 0.182. The lowest BCUT2D eigenvalue weighted by Crippen LogP contribution is -2.24. The molecule has 3 aromatic rings. The number of ether oxygens (including phenoxy) is 1. The maximum atomic E-state index is 12.5. The van der Waals surface area contributed by atoms with Crippen LogP contribution in [0, 0.1) is 11.3 Å². The van der Waals surface area contributed by atoms with Crippen LogP contribution in [0.15, 0.2) is 53.6 Å². The van der Waals surface area contributed by atoms with Crippen molar-refractivity contribution < 1.29 is 17.9 Å². The minimum absolute atomic E-state index is 0.0214. The normalized spacial score (nSPS) is 10.9. The van der Waals surface area contributed by atoms with E-state index in [0.717, 1.165) is 17.4 Å². The molecule has 0 atom stereocenters. The third-order valence-corrected chi connectivity index (χ3v) is 5.63. The van der Waals surface area contributed by atoms with Crippen LogP contribution in [-0.2, 0) is 16.4 Å². The van der Waals surface area contributed by atoms with Crippen LogP contribution >= 0.6 is 0 Å². The minimum Gasteiger partial charge on any atom is -0.477 e. The molecule has 3 N–H and O–H groups in total. The highest BCUT2D eigenvalue weighted by molar-refractivity contribution is 7.90. The summed E-state index contributed by atoms with van der Waals surface area (Å²) in [7, 11) is -3.26. The molecule has 1 amide bonds. The van der Waals surface area contributed by atoms with Crippen molar-refractivity contribution in [1.29, 1.82) is 5.26 Å². The number of aromatic nitrogens is 2. The second-order valence-corrected chi connectivity index (χ2v) is 8.87. The molecular weight excluding hydrogens is 430 g/mol. The van der Waals surface area contributed by atoms with Crippen LogP contribution in [0.3, 0.4) is 0 Å². The third-order valence-electron chi connectivity index (χ3n) is 4.50. The maximum absolute atomic E-state index is 12.5. The fourth-order valence-electron chi connectivity index (χ4n) is 2.86. The van der Waals surface area contributed by atoms with Crippen molar-refractivity contribution in [2.45, 2.75) is 18.4 Å². The number of hydrogen-bond acceptors (Lipinski definition) is 8. The molecule has 2 heterocycles. The van der Waals surface area contributed by atoms with E-state index in [4.69, 9.17) is 10.5 Å². The highest BCUT2D eigenvalue weighted by atomic mass is 32.2. The molecule has 164 valence electrons. The maximum Gasteiger partial charge on any atom is 0.270 e. The number of carbonyl (C=O) groups excluding carboxylic acids is 1. The number of carbonyl (C=O) groups is 1. The molecule has 3 rings (SSSR count). The molecule has 32 heavy (non-hydrogen) atoms. The molecule has 1 aromatic carbocycles. The fourth-order valence-corrected chi connectivity index (χ4v) is 3.49. The van der Waals surface area contributed by atoms with Gasteiger partial charge in [0.15, 0.2) is 9.84 Å². The molecule has 10 heteroatoms. The Morgan fingerprint density at radius 2 is 1.94 bits per heavy atom. The lowest BCUT2D eigenvalue weighted by Gasteiger charge is -2.10. The van der Waals surface area contributed by atoms with Crippen molar-refractivity contribution in [3.05, 3.63) is 65.5 Å². The van der Waals surface area contributed by atoms with Gasteiger partial charge >= 0.3 is 0 Å². The Kier molecular flexibility index (Phi) is 6.70. The number of hydrogen-bond donors (Lipinski definition) is 2. The molecular formula is C22H21N5O4S. The van der Waals surface area contributed by atoms with Gasteiger partial charge in [0.05, 0.1) is 22.9 Å². The van der Waals surface area contributed by atoms with Crippen molar-refractivity contribution in [3.8, 4) is 23.2 Å². The Labute approximate surface area is 185 Å². The number of benzene rings is 1. The summed E-state index contributed by atoms with van der Waals surface area (Å²) in [6.07, 6.45) is 2.77. The minimum atomic E-state index is -3.26. The summed E-state index contributed by atoms with van der Waals surface area (Å²) in [5.74, 6) is -0.448. The van der Waals surface area contributed by atoms with Gasteiger partial charge in [0, 0.05) is 24.6 Å². The predicted molar refractivity (Wildman–Crippen MR) is 118 cm³/mol. The number of anilines is 1. The number of nitriles is 1. The molecule has 9 nitrogen and oxygen atoms in total. The number of nitrogens with zero attached hydrogens (tertiary/aromatic N) is 3. The van der Waals surface area contributed by atoms with E-state index in [1.54, 1.807) is 37.4 Å². The Balaban J connectivity index is 1.69. The van der Waals surface area contributed by atoms with Crippen LogP contribution in [0.2, 0.25) is 0 Å². The number of amides is 1. The first-order chi connectivity index (χ1) is 15.2. The predicted octanol–water partition coefficient (Wildman–Crippen LogP) is 2.33. The molecule has 0 bridgehead atoms. The monoisotopic (exact) mass is 451 g/mol. The summed E-state index contributed by atoms with van der Waals surface area (Å²) in [5.41, 5.74) is 8.29. The van der Waals surface area contributed by atoms with Gasteiger partial charge in [0.1, 0.15) is 17.3 Å². The number of rotatable bonds is 7. The van der Waals surface area contributed by atoms with Gasteiger partial charge in [-0.25, -0.2) is 13.4 Å². The van der Waals surface area contributed by atoms with Crippen LogP contribution in [0.1, 0.15) is 28.5 Å². The second kappa shape index (κ2) is 9.45. The van der Waals surface area contributed by atoms with Gasteiger partial charge in [0.25, 0.3) is 5.91 Å². The lowest BCUT2D eigenvalue weighted by molar-refractivity contribution is 0.0944. The molecule has 0 saturated carbocycles. The molecule has 0 radical (unpaired) electrons. The number of pyridine rings is 2. The first kappa shape index (κ1) is 22.7. The Morgan fingerprint density at radius 1 is 1.22 bits per heavy atom. The molecule has 0 saturated heterocycles. The van der Waals surface area contributed by atoms with E-state index in [1.807, 2.05) is 6.07 Å². The molecule has 0 aliphatic heterocycles. The Morgan fingerprint density at radius 3 is 2.50 bits per heavy atom. The number of nitrogen functional groups attached to an aromatic ring is 1. The van der Waals surface area contributed by atoms with Gasteiger partial charge in [-0.2, -0.15) is 5.26 Å². The largest absolute Gasteiger partial charge is 0.477 e. The van der Waals surface area contributed by atoms with Gasteiger partial charge in [0.2, 0.25) is 5.88 Å². The summed E-state index contributed by atoms with van der Waals surface area (Å²) < 4.78 is 28.5. The zero-order valence-electron chi connectivity index (χ0n) is 17.5. The van der Waals surface area contributed by atoms with E-state index in [2.05, 4.69) is 15.3 Å². The smallest absolute Gasteiger partial charge is 0.270 e. The molecule has 2 aromatic heterocycles. The van der Waals surface area contributed by atoms with Crippen molar-refractivity contribution in [3.63, 3.8) is 0 Å². The van der Waals surface area contributed by atoms with E-state index in [-0.39, 0.29) is 40.9 Å². The highest BCUT2D eigenvalue weighted by Gasteiger charge is 2.16. The Hall–Kier alpha value is -3.97. The van der Waals surface area contributed by atoms with Gasteiger partial charge < -0.3 is 15.8 Å². The number of nitrogens with one attached hydrogen (secondary N) is 1. The molecule has 0 unspecified atom stereocenters. The average Bonchev–Trinajstić information content (AvgIpc) is 2.77. The van der Waals surface area contributed by atoms with E-state index < -0.39 is 15.7 Å². The third kappa shape index (κ3) is 5.19. The summed E-state index contributed by atoms with van der Waals surface area (Å²) in [6, 6.07) is 13.3. The first-order valence-corrected chi connectivity index (χ1v) is 11.5. The molecule has 0 spiro atoms. The van der Waals surface area contributed by atoms with Crippen LogP contribution in [-0.4, -0.2) is 37.2 Å². The van der Waals surface area contributed by atoms with Crippen molar-refractivity contribution in [1.82, 2.24) is 15.3 Å². The van der Waals surface area contributed by atoms with E-state index >= 15 is 0 Å². The van der Waals surface area contributed by atoms with Crippen LogP contribution in [0.5, 0.6) is 5.88 Å². The summed E-state index contributed by atoms with van der Waals surface area (Å²) >= 11 is 0. The van der Waals surface area contributed by atoms with E-state index in [1.165, 1.54) is 18.2 Å². The van der Waals surface area contributed by atoms with Crippen LogP contribution < -0.4 is 15.8 Å². The Bertz CT molecular complexity index is 1280. The van der Waals surface area contributed by atoms with Gasteiger partial charge in [-0.3, -0.25) is 9.78 Å². The molecule has 0 aliphatic rings. The lowest BCUT2D eigenvalue weighted by atomic mass is 10.1. The van der Waals surface area contributed by atoms with E-state index in [0.29, 0.717) is 5.69 Å². The first-order valence-electron chi connectivity index (χ1n) is 9.60. The average molecular weight is 452 g/mol. The van der Waals surface area contributed by atoms with Gasteiger partial charge in [-0.1, -0.05) is 18.2 Å². The SMILES string of the molecule is CCOc1nc(C(=O)NCc2ccc(-c3ccc(S(C)(=O)=O)cc3)nc2)cc(N)c1C#N. The topological polar surface area (TPSA) is 148 Å². The molecule has 0 aliphatic carbocycles. The summed E-state index contributed by atoms with van der Waals surface area (Å²) in [6.45, 7) is 2.22. The standard InChI is InChI=1S/C22H21N5O4S/c1-3-31-22-17(11-23)18(24)10-20(27-22)21(28)26-13-14-4-9-19(25-12-14)15-5-7-16(8-6-15)32(2,29)30/h4-10,12H,3,13H2,1-2H3,(H2,24,27)(H,26,28). The van der Waals surface area contributed by atoms with Crippen LogP contribution in [0.25, 0.3) is 11.3 Å².